The van der Waals surface area contributed by atoms with Gasteiger partial charge in [0, 0.05) is 23.2 Å². The van der Waals surface area contributed by atoms with E-state index in [9.17, 15) is 9.59 Å². The molecule has 0 bridgehead atoms. The standard InChI is InChI=1S/C17H22N2O2/c20-16(12-9-10-12)19-15-8-4-5-13(11-15)17(21)18-14-6-2-1-3-7-14/h4-5,8,11-12,14H,1-3,6-7,9-10H2,(H,18,21)(H,19,20). The van der Waals surface area contributed by atoms with Crippen LogP contribution >= 0.6 is 0 Å². The number of rotatable bonds is 4. The normalized spacial score (nSPS) is 19.0. The first-order chi connectivity index (χ1) is 10.2. The molecule has 21 heavy (non-hydrogen) atoms. The van der Waals surface area contributed by atoms with Gasteiger partial charge in [0.1, 0.15) is 0 Å². The molecule has 3 rings (SSSR count). The molecule has 0 aromatic heterocycles. The van der Waals surface area contributed by atoms with Crippen molar-refractivity contribution in [2.45, 2.75) is 51.0 Å². The highest BCUT2D eigenvalue weighted by Crippen LogP contribution is 2.30. The van der Waals surface area contributed by atoms with Gasteiger partial charge < -0.3 is 10.6 Å². The van der Waals surface area contributed by atoms with E-state index in [4.69, 9.17) is 0 Å². The summed E-state index contributed by atoms with van der Waals surface area (Å²) in [6.45, 7) is 0. The Labute approximate surface area is 125 Å². The van der Waals surface area contributed by atoms with E-state index in [1.54, 1.807) is 12.1 Å². The summed E-state index contributed by atoms with van der Waals surface area (Å²) in [5.41, 5.74) is 1.33. The molecule has 1 aromatic carbocycles. The average molecular weight is 286 g/mol. The van der Waals surface area contributed by atoms with Crippen molar-refractivity contribution in [3.8, 4) is 0 Å². The average Bonchev–Trinajstić information content (AvgIpc) is 3.33. The second kappa shape index (κ2) is 6.29. The van der Waals surface area contributed by atoms with Gasteiger partial charge in [-0.25, -0.2) is 0 Å². The molecule has 0 spiro atoms. The third-order valence-electron chi connectivity index (χ3n) is 4.28. The van der Waals surface area contributed by atoms with Crippen molar-refractivity contribution in [2.75, 3.05) is 5.32 Å². The van der Waals surface area contributed by atoms with Crippen LogP contribution in [0.2, 0.25) is 0 Å². The lowest BCUT2D eigenvalue weighted by atomic mass is 9.95. The third-order valence-corrected chi connectivity index (χ3v) is 4.28. The van der Waals surface area contributed by atoms with Crippen LogP contribution in [0.5, 0.6) is 0 Å². The smallest absolute Gasteiger partial charge is 0.251 e. The summed E-state index contributed by atoms with van der Waals surface area (Å²) in [5.74, 6) is 0.203. The van der Waals surface area contributed by atoms with Crippen LogP contribution in [0.3, 0.4) is 0 Å². The molecule has 2 saturated carbocycles. The molecule has 2 amide bonds. The summed E-state index contributed by atoms with van der Waals surface area (Å²) in [6.07, 6.45) is 7.77. The van der Waals surface area contributed by atoms with Crippen molar-refractivity contribution in [3.63, 3.8) is 0 Å². The van der Waals surface area contributed by atoms with Gasteiger partial charge in [0.15, 0.2) is 0 Å². The van der Waals surface area contributed by atoms with E-state index in [-0.39, 0.29) is 17.7 Å². The summed E-state index contributed by atoms with van der Waals surface area (Å²) in [4.78, 5) is 24.0. The van der Waals surface area contributed by atoms with Gasteiger partial charge in [0.25, 0.3) is 5.91 Å². The van der Waals surface area contributed by atoms with Crippen LogP contribution < -0.4 is 10.6 Å². The molecule has 2 aliphatic rings. The minimum Gasteiger partial charge on any atom is -0.349 e. The number of anilines is 1. The van der Waals surface area contributed by atoms with E-state index in [0.29, 0.717) is 17.3 Å². The van der Waals surface area contributed by atoms with Crippen LogP contribution in [-0.4, -0.2) is 17.9 Å². The molecule has 0 heterocycles. The quantitative estimate of drug-likeness (QED) is 0.893. The van der Waals surface area contributed by atoms with Crippen molar-refractivity contribution in [3.05, 3.63) is 29.8 Å². The number of nitrogens with one attached hydrogen (secondary N) is 2. The molecule has 0 atom stereocenters. The van der Waals surface area contributed by atoms with Gasteiger partial charge >= 0.3 is 0 Å². The highest BCUT2D eigenvalue weighted by Gasteiger charge is 2.29. The second-order valence-corrected chi connectivity index (χ2v) is 6.15. The molecule has 2 N–H and O–H groups in total. The van der Waals surface area contributed by atoms with Gasteiger partial charge in [-0.1, -0.05) is 25.3 Å². The second-order valence-electron chi connectivity index (χ2n) is 6.15. The van der Waals surface area contributed by atoms with Gasteiger partial charge in [-0.2, -0.15) is 0 Å². The summed E-state index contributed by atoms with van der Waals surface area (Å²) in [7, 11) is 0. The van der Waals surface area contributed by atoms with Gasteiger partial charge in [-0.15, -0.1) is 0 Å². The maximum atomic E-state index is 12.3. The molecule has 4 nitrogen and oxygen atoms in total. The first kappa shape index (κ1) is 14.1. The molecule has 1 aromatic rings. The summed E-state index contributed by atoms with van der Waals surface area (Å²) in [6, 6.07) is 7.51. The van der Waals surface area contributed by atoms with Crippen molar-refractivity contribution < 1.29 is 9.59 Å². The Morgan fingerprint density at radius 3 is 2.48 bits per heavy atom. The highest BCUT2D eigenvalue weighted by molar-refractivity contribution is 5.98. The van der Waals surface area contributed by atoms with E-state index >= 15 is 0 Å². The highest BCUT2D eigenvalue weighted by atomic mass is 16.2. The Hall–Kier alpha value is -1.84. The van der Waals surface area contributed by atoms with E-state index in [1.165, 1.54) is 19.3 Å². The topological polar surface area (TPSA) is 58.2 Å². The monoisotopic (exact) mass is 286 g/mol. The molecule has 0 radical (unpaired) electrons. The molecule has 2 fully saturated rings. The van der Waals surface area contributed by atoms with Gasteiger partial charge in [0.2, 0.25) is 5.91 Å². The van der Waals surface area contributed by atoms with Crippen LogP contribution in [-0.2, 0) is 4.79 Å². The van der Waals surface area contributed by atoms with Gasteiger partial charge in [-0.3, -0.25) is 9.59 Å². The Bertz CT molecular complexity index is 531. The zero-order valence-electron chi connectivity index (χ0n) is 12.2. The molecular formula is C17H22N2O2. The maximum absolute atomic E-state index is 12.3. The fourth-order valence-corrected chi connectivity index (χ4v) is 2.84. The van der Waals surface area contributed by atoms with Crippen LogP contribution in [0.1, 0.15) is 55.3 Å². The van der Waals surface area contributed by atoms with Gasteiger partial charge in [0.05, 0.1) is 0 Å². The van der Waals surface area contributed by atoms with E-state index < -0.39 is 0 Å². The molecule has 0 saturated heterocycles. The SMILES string of the molecule is O=C(NC1CCCCC1)c1cccc(NC(=O)C2CC2)c1. The Balaban J connectivity index is 1.61. The number of benzene rings is 1. The Morgan fingerprint density at radius 1 is 1.00 bits per heavy atom. The molecule has 2 aliphatic carbocycles. The number of hydrogen-bond acceptors (Lipinski definition) is 2. The fraction of sp³-hybridized carbons (Fsp3) is 0.529. The van der Waals surface area contributed by atoms with Crippen molar-refractivity contribution in [1.82, 2.24) is 5.32 Å². The third kappa shape index (κ3) is 3.84. The molecule has 112 valence electrons. The largest absolute Gasteiger partial charge is 0.349 e. The minimum atomic E-state index is -0.0376. The Morgan fingerprint density at radius 2 is 1.76 bits per heavy atom. The number of carbonyl (C=O) groups is 2. The molecule has 0 unspecified atom stereocenters. The van der Waals surface area contributed by atoms with Gasteiger partial charge in [-0.05, 0) is 43.9 Å². The number of amides is 2. The predicted octanol–water partition coefficient (Wildman–Crippen LogP) is 3.10. The number of hydrogen-bond donors (Lipinski definition) is 2. The van der Waals surface area contributed by atoms with Crippen LogP contribution in [0, 0.1) is 5.92 Å². The number of carbonyl (C=O) groups excluding carboxylic acids is 2. The van der Waals surface area contributed by atoms with Crippen molar-refractivity contribution in [1.29, 1.82) is 0 Å². The summed E-state index contributed by atoms with van der Waals surface area (Å²) in [5, 5.41) is 5.98. The summed E-state index contributed by atoms with van der Waals surface area (Å²) >= 11 is 0. The maximum Gasteiger partial charge on any atom is 0.251 e. The molecular weight excluding hydrogens is 264 g/mol. The predicted molar refractivity (Wildman–Crippen MR) is 82.1 cm³/mol. The minimum absolute atomic E-state index is 0.0376. The first-order valence-corrected chi connectivity index (χ1v) is 7.94. The van der Waals surface area contributed by atoms with Crippen molar-refractivity contribution >= 4 is 17.5 Å². The molecule has 4 heteroatoms. The zero-order chi connectivity index (χ0) is 14.7. The lowest BCUT2D eigenvalue weighted by Crippen LogP contribution is -2.36. The van der Waals surface area contributed by atoms with Crippen LogP contribution in [0.25, 0.3) is 0 Å². The zero-order valence-corrected chi connectivity index (χ0v) is 12.2. The van der Waals surface area contributed by atoms with Crippen molar-refractivity contribution in [2.24, 2.45) is 5.92 Å². The van der Waals surface area contributed by atoms with Crippen LogP contribution in [0.4, 0.5) is 5.69 Å². The Kier molecular flexibility index (Phi) is 4.23. The first-order valence-electron chi connectivity index (χ1n) is 7.94. The van der Waals surface area contributed by atoms with E-state index in [2.05, 4.69) is 10.6 Å². The fourth-order valence-electron chi connectivity index (χ4n) is 2.84. The lowest BCUT2D eigenvalue weighted by molar-refractivity contribution is -0.117. The van der Waals surface area contributed by atoms with Crippen LogP contribution in [0.15, 0.2) is 24.3 Å². The van der Waals surface area contributed by atoms with E-state index in [0.717, 1.165) is 25.7 Å². The molecule has 0 aliphatic heterocycles. The van der Waals surface area contributed by atoms with E-state index in [1.807, 2.05) is 12.1 Å². The summed E-state index contributed by atoms with van der Waals surface area (Å²) < 4.78 is 0. The lowest BCUT2D eigenvalue weighted by Gasteiger charge is -2.22.